The number of urea groups is 1. The van der Waals surface area contributed by atoms with E-state index in [0.717, 1.165) is 23.3 Å². The van der Waals surface area contributed by atoms with Crippen molar-refractivity contribution in [2.45, 2.75) is 38.4 Å². The van der Waals surface area contributed by atoms with Crippen LogP contribution in [0.15, 0.2) is 18.2 Å². The lowest BCUT2D eigenvalue weighted by atomic mass is 10.1. The lowest BCUT2D eigenvalue weighted by Crippen LogP contribution is -2.38. The molecule has 2 N–H and O–H groups in total. The summed E-state index contributed by atoms with van der Waals surface area (Å²) in [5, 5.41) is 4.95. The Hall–Kier alpha value is -1.92. The molecule has 2 amide bonds. The molecular weight excluding hydrogens is 297 g/mol. The summed E-state index contributed by atoms with van der Waals surface area (Å²) in [6.45, 7) is 2.04. The first-order valence-electron chi connectivity index (χ1n) is 7.26. The van der Waals surface area contributed by atoms with Crippen molar-refractivity contribution in [3.8, 4) is 5.75 Å². The first kappa shape index (κ1) is 16.5. The fourth-order valence-electron chi connectivity index (χ4n) is 2.59. The summed E-state index contributed by atoms with van der Waals surface area (Å²) in [6, 6.07) is 4.87. The van der Waals surface area contributed by atoms with Crippen molar-refractivity contribution in [1.82, 2.24) is 10.6 Å². The minimum Gasteiger partial charge on any atom is -0.494 e. The predicted molar refractivity (Wildman–Crippen MR) is 75.9 cm³/mol. The molecule has 0 fully saturated rings. The number of carbonyl (C=O) groups excluding carboxylic acids is 1. The molecule has 22 heavy (non-hydrogen) atoms. The van der Waals surface area contributed by atoms with E-state index in [0.29, 0.717) is 13.0 Å². The number of benzene rings is 1. The van der Waals surface area contributed by atoms with Crippen LogP contribution in [0.2, 0.25) is 0 Å². The summed E-state index contributed by atoms with van der Waals surface area (Å²) >= 11 is 0. The highest BCUT2D eigenvalue weighted by molar-refractivity contribution is 5.74. The van der Waals surface area contributed by atoms with Crippen LogP contribution < -0.4 is 15.4 Å². The highest BCUT2D eigenvalue weighted by Gasteiger charge is 2.28. The number of halogens is 3. The largest absolute Gasteiger partial charge is 0.494 e. The Kier molecular flexibility index (Phi) is 5.15. The lowest BCUT2D eigenvalue weighted by Gasteiger charge is -2.16. The van der Waals surface area contributed by atoms with Gasteiger partial charge in [0.1, 0.15) is 5.75 Å². The molecule has 1 aromatic rings. The van der Waals surface area contributed by atoms with E-state index in [9.17, 15) is 18.0 Å². The van der Waals surface area contributed by atoms with Crippen molar-refractivity contribution >= 4 is 6.03 Å². The predicted octanol–water partition coefficient (Wildman–Crippen LogP) is 3.32. The third kappa shape index (κ3) is 4.29. The maximum absolute atomic E-state index is 12.0. The zero-order valence-electron chi connectivity index (χ0n) is 12.3. The van der Waals surface area contributed by atoms with Crippen LogP contribution in [0.1, 0.15) is 36.9 Å². The Balaban J connectivity index is 1.91. The van der Waals surface area contributed by atoms with Gasteiger partial charge in [-0.1, -0.05) is 12.1 Å². The van der Waals surface area contributed by atoms with Gasteiger partial charge < -0.3 is 15.4 Å². The number of nitrogens with one attached hydrogen (secondary N) is 2. The van der Waals surface area contributed by atoms with Gasteiger partial charge in [0.2, 0.25) is 0 Å². The zero-order valence-corrected chi connectivity index (χ0v) is 12.3. The van der Waals surface area contributed by atoms with Crippen LogP contribution in [-0.4, -0.2) is 25.4 Å². The fourth-order valence-corrected chi connectivity index (χ4v) is 2.59. The lowest BCUT2D eigenvalue weighted by molar-refractivity contribution is -0.132. The number of ether oxygens (including phenoxy) is 1. The molecule has 0 aromatic heterocycles. The Morgan fingerprint density at radius 3 is 2.86 bits per heavy atom. The van der Waals surface area contributed by atoms with Crippen molar-refractivity contribution in [3.63, 3.8) is 0 Å². The van der Waals surface area contributed by atoms with E-state index in [4.69, 9.17) is 4.74 Å². The molecule has 1 aromatic carbocycles. The molecule has 1 atom stereocenters. The first-order chi connectivity index (χ1) is 10.4. The summed E-state index contributed by atoms with van der Waals surface area (Å²) < 4.78 is 41.7. The van der Waals surface area contributed by atoms with Crippen molar-refractivity contribution in [2.75, 3.05) is 13.2 Å². The van der Waals surface area contributed by atoms with Crippen LogP contribution in [0.3, 0.4) is 0 Å². The molecule has 2 rings (SSSR count). The molecule has 0 aliphatic heterocycles. The van der Waals surface area contributed by atoms with Gasteiger partial charge in [0, 0.05) is 6.54 Å². The molecule has 0 heterocycles. The van der Waals surface area contributed by atoms with E-state index in [-0.39, 0.29) is 6.04 Å². The first-order valence-corrected chi connectivity index (χ1v) is 7.26. The number of rotatable bonds is 5. The van der Waals surface area contributed by atoms with Gasteiger partial charge in [0.15, 0.2) is 0 Å². The van der Waals surface area contributed by atoms with Crippen molar-refractivity contribution in [2.24, 2.45) is 0 Å². The molecule has 0 radical (unpaired) electrons. The average molecular weight is 316 g/mol. The van der Waals surface area contributed by atoms with Gasteiger partial charge in [-0.2, -0.15) is 13.2 Å². The van der Waals surface area contributed by atoms with Crippen LogP contribution >= 0.6 is 0 Å². The minimum absolute atomic E-state index is 0.193. The molecule has 122 valence electrons. The van der Waals surface area contributed by atoms with Crippen molar-refractivity contribution in [3.05, 3.63) is 29.3 Å². The standard InChI is InChI=1S/C15H19F3N2O2/c1-2-22-13-5-3-4-10-11(13)6-7-12(10)20-14(21)19-9-8-15(16,17)18/h3-5,12H,2,6-9H2,1H3,(H2,19,20,21). The van der Waals surface area contributed by atoms with E-state index in [2.05, 4.69) is 10.6 Å². The molecule has 0 saturated heterocycles. The number of hydrogen-bond acceptors (Lipinski definition) is 2. The van der Waals surface area contributed by atoms with Gasteiger partial charge >= 0.3 is 12.2 Å². The van der Waals surface area contributed by atoms with Crippen molar-refractivity contribution in [1.29, 1.82) is 0 Å². The third-order valence-corrected chi connectivity index (χ3v) is 3.53. The quantitative estimate of drug-likeness (QED) is 0.875. The topological polar surface area (TPSA) is 50.4 Å². The Labute approximate surface area is 127 Å². The van der Waals surface area contributed by atoms with Gasteiger partial charge in [-0.15, -0.1) is 0 Å². The summed E-state index contributed by atoms with van der Waals surface area (Å²) in [5.74, 6) is 0.807. The second-order valence-corrected chi connectivity index (χ2v) is 5.11. The van der Waals surface area contributed by atoms with E-state index in [1.807, 2.05) is 25.1 Å². The SMILES string of the molecule is CCOc1cccc2c1CCC2NC(=O)NCCC(F)(F)F. The Bertz CT molecular complexity index is 532. The molecule has 0 spiro atoms. The van der Waals surface area contributed by atoms with Crippen LogP contribution in [-0.2, 0) is 6.42 Å². The summed E-state index contributed by atoms with van der Waals surface area (Å²) in [5.41, 5.74) is 2.03. The Morgan fingerprint density at radius 1 is 1.41 bits per heavy atom. The number of carbonyl (C=O) groups is 1. The monoisotopic (exact) mass is 316 g/mol. The van der Waals surface area contributed by atoms with Gasteiger partial charge in [0.25, 0.3) is 0 Å². The maximum atomic E-state index is 12.0. The molecular formula is C15H19F3N2O2. The fraction of sp³-hybridized carbons (Fsp3) is 0.533. The minimum atomic E-state index is -4.26. The molecule has 1 unspecified atom stereocenters. The highest BCUT2D eigenvalue weighted by Crippen LogP contribution is 2.36. The van der Waals surface area contributed by atoms with Gasteiger partial charge in [-0.25, -0.2) is 4.79 Å². The molecule has 0 saturated carbocycles. The number of hydrogen-bond donors (Lipinski definition) is 2. The summed E-state index contributed by atoms with van der Waals surface area (Å²) in [6.07, 6.45) is -3.80. The van der Waals surface area contributed by atoms with Gasteiger partial charge in [-0.05, 0) is 37.0 Å². The van der Waals surface area contributed by atoms with E-state index in [1.165, 1.54) is 0 Å². The van der Waals surface area contributed by atoms with Crippen LogP contribution in [0.5, 0.6) is 5.75 Å². The van der Waals surface area contributed by atoms with Crippen LogP contribution in [0.25, 0.3) is 0 Å². The number of alkyl halides is 3. The van der Waals surface area contributed by atoms with Gasteiger partial charge in [-0.3, -0.25) is 0 Å². The third-order valence-electron chi connectivity index (χ3n) is 3.53. The smallest absolute Gasteiger partial charge is 0.390 e. The van der Waals surface area contributed by atoms with Crippen molar-refractivity contribution < 1.29 is 22.7 Å². The Morgan fingerprint density at radius 2 is 2.18 bits per heavy atom. The molecule has 7 heteroatoms. The molecule has 1 aliphatic carbocycles. The molecule has 4 nitrogen and oxygen atoms in total. The second kappa shape index (κ2) is 6.89. The zero-order chi connectivity index (χ0) is 16.2. The van der Waals surface area contributed by atoms with Crippen LogP contribution in [0, 0.1) is 0 Å². The summed E-state index contributed by atoms with van der Waals surface area (Å²) in [7, 11) is 0. The maximum Gasteiger partial charge on any atom is 0.390 e. The van der Waals surface area contributed by atoms with E-state index < -0.39 is 25.2 Å². The number of fused-ring (bicyclic) bond motifs is 1. The number of amides is 2. The normalized spacial score (nSPS) is 17.0. The average Bonchev–Trinajstić information content (AvgIpc) is 2.82. The summed E-state index contributed by atoms with van der Waals surface area (Å²) in [4.78, 5) is 11.7. The highest BCUT2D eigenvalue weighted by atomic mass is 19.4. The molecule has 1 aliphatic rings. The molecule has 0 bridgehead atoms. The van der Waals surface area contributed by atoms with E-state index in [1.54, 1.807) is 0 Å². The van der Waals surface area contributed by atoms with E-state index >= 15 is 0 Å². The second-order valence-electron chi connectivity index (χ2n) is 5.11. The van der Waals surface area contributed by atoms with Crippen LogP contribution in [0.4, 0.5) is 18.0 Å². The van der Waals surface area contributed by atoms with Gasteiger partial charge in [0.05, 0.1) is 19.1 Å².